The molecule has 1 aliphatic heterocycles. The Morgan fingerprint density at radius 1 is 1.25 bits per heavy atom. The second kappa shape index (κ2) is 4.17. The highest BCUT2D eigenvalue weighted by atomic mass is 15.2. The van der Waals surface area contributed by atoms with Crippen molar-refractivity contribution in [2.75, 3.05) is 11.4 Å². The Morgan fingerprint density at radius 2 is 1.88 bits per heavy atom. The minimum Gasteiger partial charge on any atom is -0.355 e. The molecule has 0 bridgehead atoms. The molecule has 2 heteroatoms. The van der Waals surface area contributed by atoms with Crippen LogP contribution < -0.4 is 4.90 Å². The van der Waals surface area contributed by atoms with E-state index < -0.39 is 0 Å². The minimum absolute atomic E-state index is 0.0695. The zero-order valence-corrected chi connectivity index (χ0v) is 10.2. The molecule has 0 spiro atoms. The molecule has 1 aromatic rings. The Bertz CT molecular complexity index is 420. The molecule has 1 fully saturated rings. The average molecular weight is 214 g/mol. The maximum atomic E-state index is 9.14. The van der Waals surface area contributed by atoms with E-state index >= 15 is 0 Å². The summed E-state index contributed by atoms with van der Waals surface area (Å²) in [6.07, 6.45) is 2.13. The van der Waals surface area contributed by atoms with Crippen LogP contribution >= 0.6 is 0 Å². The number of nitriles is 1. The Morgan fingerprint density at radius 3 is 2.44 bits per heavy atom. The van der Waals surface area contributed by atoms with Crippen molar-refractivity contribution in [2.45, 2.75) is 39.7 Å². The maximum absolute atomic E-state index is 9.14. The first-order valence-corrected chi connectivity index (χ1v) is 5.87. The van der Waals surface area contributed by atoms with Crippen molar-refractivity contribution >= 4 is 5.69 Å². The number of anilines is 1. The Balaban J connectivity index is 2.44. The second-order valence-electron chi connectivity index (χ2n) is 4.73. The summed E-state index contributed by atoms with van der Waals surface area (Å²) in [5, 5.41) is 9.14. The van der Waals surface area contributed by atoms with Crippen molar-refractivity contribution in [1.82, 2.24) is 0 Å². The molecule has 0 aromatic heterocycles. The third kappa shape index (κ3) is 1.78. The van der Waals surface area contributed by atoms with Gasteiger partial charge in [-0.25, -0.2) is 0 Å². The molecule has 1 unspecified atom stereocenters. The molecule has 0 N–H and O–H groups in total. The highest BCUT2D eigenvalue weighted by Crippen LogP contribution is 2.31. The van der Waals surface area contributed by atoms with Gasteiger partial charge in [-0.05, 0) is 44.7 Å². The van der Waals surface area contributed by atoms with Crippen molar-refractivity contribution < 1.29 is 0 Å². The van der Waals surface area contributed by atoms with Crippen LogP contribution in [0.3, 0.4) is 0 Å². The van der Waals surface area contributed by atoms with Crippen molar-refractivity contribution in [3.05, 3.63) is 28.8 Å². The third-order valence-corrected chi connectivity index (χ3v) is 3.32. The highest BCUT2D eigenvalue weighted by Gasteiger charge is 2.26. The van der Waals surface area contributed by atoms with Gasteiger partial charge in [0, 0.05) is 12.2 Å². The molecule has 1 saturated heterocycles. The molecule has 1 aliphatic rings. The summed E-state index contributed by atoms with van der Waals surface area (Å²) < 4.78 is 0. The van der Waals surface area contributed by atoms with Crippen LogP contribution in [-0.4, -0.2) is 12.6 Å². The van der Waals surface area contributed by atoms with Crippen molar-refractivity contribution in [3.63, 3.8) is 0 Å². The van der Waals surface area contributed by atoms with Crippen molar-refractivity contribution in [1.29, 1.82) is 5.26 Å². The lowest BCUT2D eigenvalue weighted by Gasteiger charge is -2.26. The average Bonchev–Trinajstić information content (AvgIpc) is 2.64. The third-order valence-electron chi connectivity index (χ3n) is 3.32. The molecule has 2 nitrogen and oxygen atoms in total. The van der Waals surface area contributed by atoms with Crippen LogP contribution in [0.25, 0.3) is 0 Å². The van der Waals surface area contributed by atoms with E-state index in [1.165, 1.54) is 22.4 Å². The van der Waals surface area contributed by atoms with Gasteiger partial charge in [0.15, 0.2) is 0 Å². The highest BCUT2D eigenvalue weighted by molar-refractivity contribution is 5.62. The molecule has 2 rings (SSSR count). The van der Waals surface area contributed by atoms with Crippen LogP contribution in [0.4, 0.5) is 5.69 Å². The number of benzene rings is 1. The molecule has 0 saturated carbocycles. The summed E-state index contributed by atoms with van der Waals surface area (Å²) in [4.78, 5) is 2.27. The van der Waals surface area contributed by atoms with Gasteiger partial charge in [-0.1, -0.05) is 17.7 Å². The van der Waals surface area contributed by atoms with Crippen LogP contribution in [-0.2, 0) is 0 Å². The SMILES string of the molecule is Cc1cc(C)c(N2CCCC2C#N)c(C)c1. The quantitative estimate of drug-likeness (QED) is 0.718. The van der Waals surface area contributed by atoms with Crippen LogP contribution in [0, 0.1) is 32.1 Å². The number of hydrogen-bond donors (Lipinski definition) is 0. The molecule has 16 heavy (non-hydrogen) atoms. The van der Waals surface area contributed by atoms with Gasteiger partial charge in [-0.3, -0.25) is 0 Å². The summed E-state index contributed by atoms with van der Waals surface area (Å²) in [5.41, 5.74) is 5.15. The molecule has 0 radical (unpaired) electrons. The maximum Gasteiger partial charge on any atom is 0.117 e. The smallest absolute Gasteiger partial charge is 0.117 e. The van der Waals surface area contributed by atoms with Crippen LogP contribution in [0.5, 0.6) is 0 Å². The molecule has 1 atom stereocenters. The predicted octanol–water partition coefficient (Wildman–Crippen LogP) is 3.10. The van der Waals surface area contributed by atoms with E-state index in [-0.39, 0.29) is 6.04 Å². The van der Waals surface area contributed by atoms with Gasteiger partial charge in [0.2, 0.25) is 0 Å². The van der Waals surface area contributed by atoms with E-state index in [1.54, 1.807) is 0 Å². The van der Waals surface area contributed by atoms with E-state index in [2.05, 4.69) is 43.9 Å². The Hall–Kier alpha value is -1.49. The van der Waals surface area contributed by atoms with Crippen LogP contribution in [0.2, 0.25) is 0 Å². The fraction of sp³-hybridized carbons (Fsp3) is 0.500. The molecular formula is C14H18N2. The van der Waals surface area contributed by atoms with E-state index in [0.717, 1.165) is 19.4 Å². The molecular weight excluding hydrogens is 196 g/mol. The molecule has 1 aromatic carbocycles. The monoisotopic (exact) mass is 214 g/mol. The van der Waals surface area contributed by atoms with Crippen LogP contribution in [0.1, 0.15) is 29.5 Å². The zero-order chi connectivity index (χ0) is 11.7. The van der Waals surface area contributed by atoms with Crippen LogP contribution in [0.15, 0.2) is 12.1 Å². The second-order valence-corrected chi connectivity index (χ2v) is 4.73. The normalized spacial score (nSPS) is 19.9. The minimum atomic E-state index is 0.0695. The summed E-state index contributed by atoms with van der Waals surface area (Å²) >= 11 is 0. The fourth-order valence-electron chi connectivity index (χ4n) is 2.79. The standard InChI is InChI=1S/C14H18N2/c1-10-7-11(2)14(12(3)8-10)16-6-4-5-13(16)9-15/h7-8,13H,4-6H2,1-3H3. The lowest BCUT2D eigenvalue weighted by atomic mass is 10.0. The Labute approximate surface area is 97.5 Å². The fourth-order valence-corrected chi connectivity index (χ4v) is 2.79. The number of hydrogen-bond acceptors (Lipinski definition) is 2. The predicted molar refractivity (Wildman–Crippen MR) is 66.6 cm³/mol. The summed E-state index contributed by atoms with van der Waals surface area (Å²) in [6.45, 7) is 7.42. The zero-order valence-electron chi connectivity index (χ0n) is 10.2. The first kappa shape index (κ1) is 11.0. The van der Waals surface area contributed by atoms with E-state index in [4.69, 9.17) is 5.26 Å². The van der Waals surface area contributed by atoms with Gasteiger partial charge in [0.05, 0.1) is 6.07 Å². The lowest BCUT2D eigenvalue weighted by Crippen LogP contribution is -2.29. The number of aryl methyl sites for hydroxylation is 3. The summed E-state index contributed by atoms with van der Waals surface area (Å²) in [6, 6.07) is 6.88. The molecule has 84 valence electrons. The topological polar surface area (TPSA) is 27.0 Å². The van der Waals surface area contributed by atoms with Gasteiger partial charge in [-0.15, -0.1) is 0 Å². The van der Waals surface area contributed by atoms with E-state index in [1.807, 2.05) is 0 Å². The van der Waals surface area contributed by atoms with E-state index in [9.17, 15) is 0 Å². The Kier molecular flexibility index (Phi) is 2.87. The number of nitrogens with zero attached hydrogens (tertiary/aromatic N) is 2. The molecule has 0 aliphatic carbocycles. The lowest BCUT2D eigenvalue weighted by molar-refractivity contribution is 0.813. The molecule has 1 heterocycles. The summed E-state index contributed by atoms with van der Waals surface area (Å²) in [7, 11) is 0. The van der Waals surface area contributed by atoms with E-state index in [0.29, 0.717) is 0 Å². The first-order valence-electron chi connectivity index (χ1n) is 5.87. The first-order chi connectivity index (χ1) is 7.63. The largest absolute Gasteiger partial charge is 0.355 e. The van der Waals surface area contributed by atoms with Gasteiger partial charge >= 0.3 is 0 Å². The van der Waals surface area contributed by atoms with Crippen molar-refractivity contribution in [2.24, 2.45) is 0 Å². The van der Waals surface area contributed by atoms with Gasteiger partial charge in [-0.2, -0.15) is 5.26 Å². The van der Waals surface area contributed by atoms with Crippen molar-refractivity contribution in [3.8, 4) is 6.07 Å². The van der Waals surface area contributed by atoms with Gasteiger partial charge < -0.3 is 4.90 Å². The molecule has 0 amide bonds. The van der Waals surface area contributed by atoms with Gasteiger partial charge in [0.25, 0.3) is 0 Å². The number of rotatable bonds is 1. The van der Waals surface area contributed by atoms with Gasteiger partial charge in [0.1, 0.15) is 6.04 Å². The summed E-state index contributed by atoms with van der Waals surface area (Å²) in [5.74, 6) is 0.